The predicted octanol–water partition coefficient (Wildman–Crippen LogP) is 3.11. The zero-order chi connectivity index (χ0) is 22.6. The van der Waals surface area contributed by atoms with Crippen LogP contribution in [0.2, 0.25) is 5.02 Å². The summed E-state index contributed by atoms with van der Waals surface area (Å²) in [6.45, 7) is 0.207. The highest BCUT2D eigenvalue weighted by Crippen LogP contribution is 2.36. The number of sulfonamides is 1. The van der Waals surface area contributed by atoms with Crippen molar-refractivity contribution in [1.82, 2.24) is 10.0 Å². The third-order valence-corrected chi connectivity index (χ3v) is 6.16. The highest BCUT2D eigenvalue weighted by Gasteiger charge is 2.34. The summed E-state index contributed by atoms with van der Waals surface area (Å²) in [5.74, 6) is 0.882. The van der Waals surface area contributed by atoms with Gasteiger partial charge in [-0.2, -0.15) is 13.2 Å². The quantitative estimate of drug-likeness (QED) is 0.608. The maximum Gasteiger partial charge on any atom is 0.417 e. The molecule has 0 bridgehead atoms. The third-order valence-electron chi connectivity index (χ3n) is 4.37. The second kappa shape index (κ2) is 9.33. The van der Waals surface area contributed by atoms with Gasteiger partial charge in [-0.1, -0.05) is 17.7 Å². The number of carbonyl (C=O) groups is 1. The van der Waals surface area contributed by atoms with Crippen molar-refractivity contribution in [3.05, 3.63) is 52.5 Å². The SMILES string of the molecule is O=C(CCNS(=O)(=O)c1ccc(Cl)c(C(F)(F)F)c1)NCCc1ccc2c(c1)OCO2. The van der Waals surface area contributed by atoms with E-state index in [4.69, 9.17) is 21.1 Å². The molecule has 12 heteroatoms. The predicted molar refractivity (Wildman–Crippen MR) is 106 cm³/mol. The van der Waals surface area contributed by atoms with Crippen LogP contribution >= 0.6 is 11.6 Å². The Hall–Kier alpha value is -2.50. The number of nitrogens with one attached hydrogen (secondary N) is 2. The van der Waals surface area contributed by atoms with Crippen molar-refractivity contribution in [3.8, 4) is 11.5 Å². The van der Waals surface area contributed by atoms with Crippen LogP contribution in [0.5, 0.6) is 11.5 Å². The average molecular weight is 479 g/mol. The van der Waals surface area contributed by atoms with Crippen molar-refractivity contribution >= 4 is 27.5 Å². The second-order valence-corrected chi connectivity index (χ2v) is 8.75. The molecule has 0 unspecified atom stereocenters. The van der Waals surface area contributed by atoms with Crippen LogP contribution in [0.15, 0.2) is 41.3 Å². The van der Waals surface area contributed by atoms with Crippen LogP contribution in [0.3, 0.4) is 0 Å². The third kappa shape index (κ3) is 6.02. The van der Waals surface area contributed by atoms with E-state index in [1.54, 1.807) is 6.07 Å². The molecule has 0 spiro atoms. The van der Waals surface area contributed by atoms with Crippen LogP contribution < -0.4 is 19.5 Å². The van der Waals surface area contributed by atoms with E-state index in [0.29, 0.717) is 30.5 Å². The van der Waals surface area contributed by atoms with E-state index in [0.717, 1.165) is 17.7 Å². The Balaban J connectivity index is 1.46. The first-order valence-corrected chi connectivity index (χ1v) is 10.9. The van der Waals surface area contributed by atoms with Gasteiger partial charge < -0.3 is 14.8 Å². The molecule has 2 aromatic rings. The Kier molecular flexibility index (Phi) is 6.97. The van der Waals surface area contributed by atoms with Gasteiger partial charge in [-0.3, -0.25) is 4.79 Å². The number of hydrogen-bond donors (Lipinski definition) is 2. The minimum Gasteiger partial charge on any atom is -0.454 e. The maximum atomic E-state index is 12.9. The van der Waals surface area contributed by atoms with Crippen LogP contribution in [-0.2, 0) is 27.4 Å². The number of hydrogen-bond acceptors (Lipinski definition) is 5. The number of fused-ring (bicyclic) bond motifs is 1. The molecule has 2 N–H and O–H groups in total. The van der Waals surface area contributed by atoms with Crippen molar-refractivity contribution in [3.63, 3.8) is 0 Å². The molecule has 168 valence electrons. The van der Waals surface area contributed by atoms with Gasteiger partial charge in [0.05, 0.1) is 15.5 Å². The fraction of sp³-hybridized carbons (Fsp3) is 0.316. The van der Waals surface area contributed by atoms with Crippen LogP contribution in [0.25, 0.3) is 0 Å². The Labute approximate surface area is 181 Å². The van der Waals surface area contributed by atoms with Crippen molar-refractivity contribution in [2.24, 2.45) is 0 Å². The number of ether oxygens (including phenoxy) is 2. The van der Waals surface area contributed by atoms with E-state index in [9.17, 15) is 26.4 Å². The number of amides is 1. The zero-order valence-electron chi connectivity index (χ0n) is 16.0. The molecular weight excluding hydrogens is 461 g/mol. The van der Waals surface area contributed by atoms with Crippen molar-refractivity contribution in [1.29, 1.82) is 0 Å². The summed E-state index contributed by atoms with van der Waals surface area (Å²) >= 11 is 5.50. The highest BCUT2D eigenvalue weighted by atomic mass is 35.5. The van der Waals surface area contributed by atoms with Gasteiger partial charge >= 0.3 is 6.18 Å². The van der Waals surface area contributed by atoms with Crippen LogP contribution in [0.4, 0.5) is 13.2 Å². The molecule has 1 aliphatic rings. The number of carbonyl (C=O) groups excluding carboxylic acids is 1. The number of rotatable bonds is 8. The molecule has 0 aromatic heterocycles. The van der Waals surface area contributed by atoms with E-state index in [1.807, 2.05) is 12.1 Å². The molecule has 0 radical (unpaired) electrons. The number of halogens is 4. The summed E-state index contributed by atoms with van der Waals surface area (Å²) in [6.07, 6.45) is -4.44. The van der Waals surface area contributed by atoms with E-state index >= 15 is 0 Å². The fourth-order valence-electron chi connectivity index (χ4n) is 2.80. The molecule has 0 saturated heterocycles. The smallest absolute Gasteiger partial charge is 0.417 e. The first-order valence-electron chi connectivity index (χ1n) is 9.08. The topological polar surface area (TPSA) is 93.7 Å². The minimum atomic E-state index is -4.79. The minimum absolute atomic E-state index is 0.166. The van der Waals surface area contributed by atoms with Crippen LogP contribution in [0.1, 0.15) is 17.5 Å². The van der Waals surface area contributed by atoms with Gasteiger partial charge in [-0.25, -0.2) is 13.1 Å². The number of benzene rings is 2. The molecule has 0 aliphatic carbocycles. The Morgan fingerprint density at radius 3 is 2.55 bits per heavy atom. The average Bonchev–Trinajstić information content (AvgIpc) is 3.15. The standard InChI is InChI=1S/C19H18ClF3N2O5S/c20-15-3-2-13(10-14(15)19(21,22)23)31(27,28)25-8-6-18(26)24-7-5-12-1-4-16-17(9-12)30-11-29-16/h1-4,9-10,25H,5-8,11H2,(H,24,26). The van der Waals surface area contributed by atoms with Crippen molar-refractivity contribution < 1.29 is 35.9 Å². The molecule has 31 heavy (non-hydrogen) atoms. The van der Waals surface area contributed by atoms with Crippen LogP contribution in [-0.4, -0.2) is 34.2 Å². The molecule has 7 nitrogen and oxygen atoms in total. The van der Waals surface area contributed by atoms with Gasteiger partial charge in [0.1, 0.15) is 0 Å². The number of alkyl halides is 3. The molecule has 2 aromatic carbocycles. The molecule has 0 fully saturated rings. The summed E-state index contributed by atoms with van der Waals surface area (Å²) in [7, 11) is -4.24. The van der Waals surface area contributed by atoms with Gasteiger partial charge in [0, 0.05) is 19.5 Å². The summed E-state index contributed by atoms with van der Waals surface area (Å²) in [5.41, 5.74) is -0.327. The van der Waals surface area contributed by atoms with E-state index in [2.05, 4.69) is 10.0 Å². The van der Waals surface area contributed by atoms with E-state index < -0.39 is 37.6 Å². The molecular formula is C19H18ClF3N2O5S. The highest BCUT2D eigenvalue weighted by molar-refractivity contribution is 7.89. The summed E-state index contributed by atoms with van der Waals surface area (Å²) < 4.78 is 75.8. The second-order valence-electron chi connectivity index (χ2n) is 6.57. The lowest BCUT2D eigenvalue weighted by molar-refractivity contribution is -0.137. The fourth-order valence-corrected chi connectivity index (χ4v) is 4.08. The Morgan fingerprint density at radius 2 is 1.81 bits per heavy atom. The van der Waals surface area contributed by atoms with E-state index in [-0.39, 0.29) is 19.8 Å². The summed E-state index contributed by atoms with van der Waals surface area (Å²) in [6, 6.07) is 7.71. The molecule has 3 rings (SSSR count). The molecule has 1 heterocycles. The van der Waals surface area contributed by atoms with Gasteiger partial charge in [-0.05, 0) is 42.3 Å². The first kappa shape index (κ1) is 23.2. The molecule has 1 amide bonds. The first-order chi connectivity index (χ1) is 14.6. The normalized spacial score (nSPS) is 13.3. The van der Waals surface area contributed by atoms with Crippen LogP contribution in [0, 0.1) is 0 Å². The van der Waals surface area contributed by atoms with Crippen molar-refractivity contribution in [2.75, 3.05) is 19.9 Å². The maximum absolute atomic E-state index is 12.9. The Morgan fingerprint density at radius 1 is 1.06 bits per heavy atom. The van der Waals surface area contributed by atoms with Gasteiger partial charge in [0.25, 0.3) is 0 Å². The lowest BCUT2D eigenvalue weighted by Crippen LogP contribution is -2.31. The largest absolute Gasteiger partial charge is 0.454 e. The summed E-state index contributed by atoms with van der Waals surface area (Å²) in [5, 5.41) is 2.05. The van der Waals surface area contributed by atoms with Gasteiger partial charge in [0.15, 0.2) is 11.5 Å². The Bertz CT molecular complexity index is 1080. The lowest BCUT2D eigenvalue weighted by Gasteiger charge is -2.12. The molecule has 0 atom stereocenters. The molecule has 0 saturated carbocycles. The van der Waals surface area contributed by atoms with Gasteiger partial charge in [0.2, 0.25) is 22.7 Å². The monoisotopic (exact) mass is 478 g/mol. The summed E-state index contributed by atoms with van der Waals surface area (Å²) in [4.78, 5) is 11.3. The molecule has 1 aliphatic heterocycles. The lowest BCUT2D eigenvalue weighted by atomic mass is 10.1. The van der Waals surface area contributed by atoms with E-state index in [1.165, 1.54) is 0 Å². The van der Waals surface area contributed by atoms with Gasteiger partial charge in [-0.15, -0.1) is 0 Å². The van der Waals surface area contributed by atoms with Crippen molar-refractivity contribution in [2.45, 2.75) is 23.9 Å². The zero-order valence-corrected chi connectivity index (χ0v) is 17.5.